The molecule has 4 N–H and O–H groups in total. The topological polar surface area (TPSA) is 212 Å². The Morgan fingerprint density at radius 1 is 1.19 bits per heavy atom. The lowest BCUT2D eigenvalue weighted by molar-refractivity contribution is -0.150. The molecule has 2 aromatic rings. The third-order valence-corrected chi connectivity index (χ3v) is 8.68. The first-order valence-electron chi connectivity index (χ1n) is 14.9. The van der Waals surface area contributed by atoms with Gasteiger partial charge < -0.3 is 34.7 Å². The maximum Gasteiger partial charge on any atom is 0.510 e. The Kier molecular flexibility index (Phi) is 13.2. The molecule has 0 aliphatic carbocycles. The molecule has 1 unspecified atom stereocenters. The quantitative estimate of drug-likeness (QED) is 0.0986. The number of nitrogens with two attached hydrogens (primary N) is 1. The van der Waals surface area contributed by atoms with E-state index in [9.17, 15) is 19.3 Å². The number of aliphatic hydroxyl groups excluding tert-OH is 1. The molecule has 0 radical (unpaired) electrons. The fourth-order valence-electron chi connectivity index (χ4n) is 4.57. The van der Waals surface area contributed by atoms with Crippen LogP contribution < -0.4 is 15.7 Å². The van der Waals surface area contributed by atoms with Crippen LogP contribution in [0.1, 0.15) is 54.2 Å². The molecule has 20 heteroatoms. The van der Waals surface area contributed by atoms with Gasteiger partial charge in [0.1, 0.15) is 17.7 Å². The summed E-state index contributed by atoms with van der Waals surface area (Å²) >= 11 is 6.25. The summed E-state index contributed by atoms with van der Waals surface area (Å²) in [6, 6.07) is -1.21. The lowest BCUT2D eigenvalue weighted by Gasteiger charge is -2.32. The number of imidazole rings is 1. The van der Waals surface area contributed by atoms with E-state index in [0.717, 1.165) is 0 Å². The highest BCUT2D eigenvalue weighted by Gasteiger charge is 2.57. The Hall–Kier alpha value is -2.86. The summed E-state index contributed by atoms with van der Waals surface area (Å²) in [7, 11) is -1.21. The third-order valence-electron chi connectivity index (χ3n) is 6.68. The number of nitrogens with zero attached hydrogens (tertiary/aromatic N) is 5. The Morgan fingerprint density at radius 2 is 1.85 bits per heavy atom. The largest absolute Gasteiger partial charge is 0.510 e. The van der Waals surface area contributed by atoms with Crippen molar-refractivity contribution < 1.29 is 51.6 Å². The lowest BCUT2D eigenvalue weighted by Crippen LogP contribution is -2.48. The van der Waals surface area contributed by atoms with Gasteiger partial charge in [-0.15, -0.1) is 11.6 Å². The SMILES string of the molecule is CC(C)C[C@H](NP(=O)(OCOC(=O)OC(C)C)OC[C@@]1(CCl)O[C@@H](n2cnc3c(N(C)C)nc(N)nc32)[C@@H](F)[C@@H]1O)C(=O)OC(C)C. The van der Waals surface area contributed by atoms with Crippen LogP contribution in [-0.2, 0) is 37.4 Å². The molecule has 266 valence electrons. The number of alkyl halides is 2. The van der Waals surface area contributed by atoms with E-state index < -0.39 is 81.5 Å². The number of anilines is 2. The number of nitrogen functional groups attached to an aromatic ring is 1. The van der Waals surface area contributed by atoms with Crippen molar-refractivity contribution in [3.05, 3.63) is 6.33 Å². The molecule has 3 heterocycles. The van der Waals surface area contributed by atoms with Gasteiger partial charge in [0.25, 0.3) is 0 Å². The number of carbonyl (C=O) groups excluding carboxylic acids is 2. The molecule has 0 bridgehead atoms. The van der Waals surface area contributed by atoms with E-state index in [-0.39, 0.29) is 29.5 Å². The number of ether oxygens (including phenoxy) is 4. The zero-order chi connectivity index (χ0) is 35.3. The highest BCUT2D eigenvalue weighted by molar-refractivity contribution is 7.51. The molecule has 2 aromatic heterocycles. The second-order valence-corrected chi connectivity index (χ2v) is 14.1. The zero-order valence-electron chi connectivity index (χ0n) is 27.6. The fraction of sp³-hybridized carbons (Fsp3) is 0.741. The molecular weight excluding hydrogens is 668 g/mol. The Labute approximate surface area is 277 Å². The van der Waals surface area contributed by atoms with Crippen LogP contribution in [0.3, 0.4) is 0 Å². The van der Waals surface area contributed by atoms with Gasteiger partial charge in [-0.2, -0.15) is 9.97 Å². The van der Waals surface area contributed by atoms with E-state index in [1.165, 1.54) is 10.9 Å². The number of carbonyl (C=O) groups is 2. The molecule has 1 saturated heterocycles. The second kappa shape index (κ2) is 16.0. The van der Waals surface area contributed by atoms with Crippen molar-refractivity contribution in [3.8, 4) is 0 Å². The molecule has 6 atom stereocenters. The van der Waals surface area contributed by atoms with Gasteiger partial charge in [0.2, 0.25) is 12.7 Å². The van der Waals surface area contributed by atoms with Crippen LogP contribution in [0, 0.1) is 5.92 Å². The first-order chi connectivity index (χ1) is 21.9. The van der Waals surface area contributed by atoms with E-state index in [2.05, 4.69) is 20.0 Å². The second-order valence-electron chi connectivity index (χ2n) is 12.1. The Balaban J connectivity index is 1.91. The number of hydrogen-bond acceptors (Lipinski definition) is 15. The van der Waals surface area contributed by atoms with E-state index in [1.807, 2.05) is 13.8 Å². The molecule has 0 aromatic carbocycles. The summed E-state index contributed by atoms with van der Waals surface area (Å²) in [4.78, 5) is 39.1. The highest BCUT2D eigenvalue weighted by atomic mass is 35.5. The van der Waals surface area contributed by atoms with Crippen molar-refractivity contribution in [1.82, 2.24) is 24.6 Å². The number of halogens is 2. The average molecular weight is 712 g/mol. The number of nitrogens with one attached hydrogen (secondary N) is 1. The van der Waals surface area contributed by atoms with Crippen LogP contribution >= 0.6 is 19.3 Å². The van der Waals surface area contributed by atoms with Crippen LogP contribution in [0.15, 0.2) is 6.33 Å². The molecule has 0 amide bonds. The summed E-state index contributed by atoms with van der Waals surface area (Å²) in [5.41, 5.74) is 4.29. The Morgan fingerprint density at radius 3 is 2.43 bits per heavy atom. The van der Waals surface area contributed by atoms with Gasteiger partial charge in [-0.1, -0.05) is 13.8 Å². The number of fused-ring (bicyclic) bond motifs is 1. The van der Waals surface area contributed by atoms with Gasteiger partial charge in [0.05, 0.1) is 31.0 Å². The van der Waals surface area contributed by atoms with E-state index in [1.54, 1.807) is 46.7 Å². The maximum absolute atomic E-state index is 15.8. The minimum atomic E-state index is -4.63. The summed E-state index contributed by atoms with van der Waals surface area (Å²) < 4.78 is 63.2. The van der Waals surface area contributed by atoms with Gasteiger partial charge in [-0.05, 0) is 40.0 Å². The van der Waals surface area contributed by atoms with Crippen LogP contribution in [0.2, 0.25) is 0 Å². The first kappa shape index (κ1) is 38.6. The van der Waals surface area contributed by atoms with Crippen molar-refractivity contribution >= 4 is 54.4 Å². The molecule has 1 fully saturated rings. The number of rotatable bonds is 16. The normalized spacial score (nSPS) is 23.3. The number of esters is 1. The predicted molar refractivity (Wildman–Crippen MR) is 168 cm³/mol. The van der Waals surface area contributed by atoms with Crippen molar-refractivity contribution in [2.24, 2.45) is 5.92 Å². The van der Waals surface area contributed by atoms with Crippen LogP contribution in [0.4, 0.5) is 21.0 Å². The smallest absolute Gasteiger partial charge is 0.462 e. The summed E-state index contributed by atoms with van der Waals surface area (Å²) in [5, 5.41) is 13.6. The monoisotopic (exact) mass is 711 g/mol. The van der Waals surface area contributed by atoms with Crippen LogP contribution in [0.5, 0.6) is 0 Å². The van der Waals surface area contributed by atoms with Crippen molar-refractivity contribution in [3.63, 3.8) is 0 Å². The standard InChI is InChI=1S/C27H44ClFN7O10P/c1-14(2)9-17(24(38)44-15(3)4)34-47(40,43-13-41-26(39)45-16(5)6)42-11-27(10-28)20(37)18(29)23(46-27)36-12-31-19-21(35(7)8)32-25(30)33-22(19)36/h12,14-18,20,23,37H,9-11,13H2,1-8H3,(H,34,40)(H2,30,32,33)/t17-,18-,20-,23+,27+,47?/m0/s1. The average Bonchev–Trinajstić information content (AvgIpc) is 3.48. The van der Waals surface area contributed by atoms with Crippen molar-refractivity contribution in [2.45, 2.75) is 90.3 Å². The highest BCUT2D eigenvalue weighted by Crippen LogP contribution is 2.49. The lowest BCUT2D eigenvalue weighted by atomic mass is 9.99. The molecule has 17 nitrogen and oxygen atoms in total. The molecule has 1 aliphatic heterocycles. The fourth-order valence-corrected chi connectivity index (χ4v) is 6.27. The maximum atomic E-state index is 15.8. The third kappa shape index (κ3) is 9.62. The van der Waals surface area contributed by atoms with Crippen molar-refractivity contribution in [2.75, 3.05) is 44.0 Å². The van der Waals surface area contributed by atoms with Crippen LogP contribution in [-0.4, -0.2) is 106 Å². The van der Waals surface area contributed by atoms with Gasteiger partial charge in [0.15, 0.2) is 29.4 Å². The molecule has 3 rings (SSSR count). The minimum absolute atomic E-state index is 0.0870. The van der Waals surface area contributed by atoms with Gasteiger partial charge in [-0.25, -0.2) is 23.8 Å². The van der Waals surface area contributed by atoms with E-state index in [4.69, 9.17) is 45.3 Å². The van der Waals surface area contributed by atoms with E-state index >= 15 is 4.39 Å². The van der Waals surface area contributed by atoms with E-state index in [0.29, 0.717) is 5.82 Å². The molecule has 0 spiro atoms. The van der Waals surface area contributed by atoms with Gasteiger partial charge >= 0.3 is 19.9 Å². The Bertz CT molecular complexity index is 1430. The summed E-state index contributed by atoms with van der Waals surface area (Å²) in [6.07, 6.45) is -6.29. The minimum Gasteiger partial charge on any atom is -0.462 e. The number of hydrogen-bond donors (Lipinski definition) is 3. The predicted octanol–water partition coefficient (Wildman–Crippen LogP) is 3.30. The van der Waals surface area contributed by atoms with Crippen molar-refractivity contribution in [1.29, 1.82) is 0 Å². The van der Waals surface area contributed by atoms with Gasteiger partial charge in [0, 0.05) is 14.1 Å². The summed E-state index contributed by atoms with van der Waals surface area (Å²) in [5.74, 6) is -1.13. The molecule has 1 aliphatic rings. The first-order valence-corrected chi connectivity index (χ1v) is 16.9. The van der Waals surface area contributed by atoms with Crippen LogP contribution in [0.25, 0.3) is 11.2 Å². The molecule has 0 saturated carbocycles. The zero-order valence-corrected chi connectivity index (χ0v) is 29.2. The van der Waals surface area contributed by atoms with Gasteiger partial charge in [-0.3, -0.25) is 18.4 Å². The molecular formula is C27H44ClFN7O10P. The molecule has 47 heavy (non-hydrogen) atoms. The number of aliphatic hydroxyl groups is 1. The summed E-state index contributed by atoms with van der Waals surface area (Å²) in [6.45, 7) is 8.37. The number of aromatic nitrogens is 4.